The number of carboxylic acid groups (broad SMARTS) is 1. The van der Waals surface area contributed by atoms with E-state index in [2.05, 4.69) is 5.32 Å². The van der Waals surface area contributed by atoms with E-state index in [0.717, 1.165) is 0 Å². The molecule has 2 unspecified atom stereocenters. The SMILES string of the molecule is COCC(NC(=O)NC(C)(C(=O)O)C(F)(F)F)C(C)C. The molecule has 0 aromatic rings. The number of carbonyl (C=O) groups excluding carboxylic acids is 1. The standard InChI is InChI=1S/C11H19F3N2O4/c1-6(2)7(5-20-4)15-9(19)16-10(3,8(17)18)11(12,13)14/h6-7H,5H2,1-4H3,(H,17,18)(H2,15,16,19). The molecule has 6 nitrogen and oxygen atoms in total. The maximum absolute atomic E-state index is 12.7. The molecule has 0 fully saturated rings. The zero-order valence-electron chi connectivity index (χ0n) is 11.7. The fraction of sp³-hybridized carbons (Fsp3) is 0.818. The van der Waals surface area contributed by atoms with Gasteiger partial charge in [-0.15, -0.1) is 0 Å². The number of hydrogen-bond acceptors (Lipinski definition) is 3. The van der Waals surface area contributed by atoms with E-state index in [4.69, 9.17) is 9.84 Å². The highest BCUT2D eigenvalue weighted by atomic mass is 19.4. The van der Waals surface area contributed by atoms with E-state index < -0.39 is 29.8 Å². The van der Waals surface area contributed by atoms with Gasteiger partial charge in [-0.25, -0.2) is 9.59 Å². The Bertz CT molecular complexity index is 360. The summed E-state index contributed by atoms with van der Waals surface area (Å²) in [6.45, 7) is 3.96. The zero-order chi connectivity index (χ0) is 16.1. The summed E-state index contributed by atoms with van der Waals surface area (Å²) in [4.78, 5) is 22.3. The molecule has 2 atom stereocenters. The quantitative estimate of drug-likeness (QED) is 0.691. The van der Waals surface area contributed by atoms with Gasteiger partial charge in [0.1, 0.15) is 0 Å². The molecular weight excluding hydrogens is 281 g/mol. The first-order chi connectivity index (χ1) is 8.95. The van der Waals surface area contributed by atoms with E-state index in [1.165, 1.54) is 12.4 Å². The maximum atomic E-state index is 12.7. The van der Waals surface area contributed by atoms with Gasteiger partial charge in [0.2, 0.25) is 5.54 Å². The number of alkyl halides is 3. The Morgan fingerprint density at radius 3 is 2.10 bits per heavy atom. The van der Waals surface area contributed by atoms with Crippen molar-refractivity contribution >= 4 is 12.0 Å². The number of nitrogens with one attached hydrogen (secondary N) is 2. The summed E-state index contributed by atoms with van der Waals surface area (Å²) in [7, 11) is 1.38. The van der Waals surface area contributed by atoms with Crippen molar-refractivity contribution in [2.45, 2.75) is 38.5 Å². The summed E-state index contributed by atoms with van der Waals surface area (Å²) in [6.07, 6.45) is -5.12. The number of hydrogen-bond donors (Lipinski definition) is 3. The van der Waals surface area contributed by atoms with Gasteiger partial charge < -0.3 is 20.5 Å². The number of ether oxygens (including phenoxy) is 1. The lowest BCUT2D eigenvalue weighted by Crippen LogP contribution is -2.64. The highest BCUT2D eigenvalue weighted by Crippen LogP contribution is 2.30. The highest BCUT2D eigenvalue weighted by Gasteiger charge is 2.58. The Balaban J connectivity index is 4.92. The molecule has 0 aliphatic carbocycles. The van der Waals surface area contributed by atoms with Crippen molar-refractivity contribution in [1.82, 2.24) is 10.6 Å². The van der Waals surface area contributed by atoms with Crippen molar-refractivity contribution < 1.29 is 32.6 Å². The molecule has 0 aromatic carbocycles. The highest BCUT2D eigenvalue weighted by molar-refractivity contribution is 5.86. The molecule has 3 N–H and O–H groups in total. The minimum Gasteiger partial charge on any atom is -0.479 e. The number of carboxylic acids is 1. The van der Waals surface area contributed by atoms with E-state index in [0.29, 0.717) is 6.92 Å². The molecular formula is C11H19F3N2O4. The first kappa shape index (κ1) is 18.5. The summed E-state index contributed by atoms with van der Waals surface area (Å²) in [5.74, 6) is -2.28. The Morgan fingerprint density at radius 2 is 1.80 bits per heavy atom. The number of aliphatic carboxylic acids is 1. The van der Waals surface area contributed by atoms with Crippen LogP contribution in [0, 0.1) is 5.92 Å². The lowest BCUT2D eigenvalue weighted by molar-refractivity contribution is -0.203. The topological polar surface area (TPSA) is 87.7 Å². The summed E-state index contributed by atoms with van der Waals surface area (Å²) in [5.41, 5.74) is -3.36. The van der Waals surface area contributed by atoms with Crippen LogP contribution in [0.25, 0.3) is 0 Å². The van der Waals surface area contributed by atoms with Gasteiger partial charge in [-0.05, 0) is 12.8 Å². The molecule has 0 saturated carbocycles. The molecule has 0 aliphatic rings. The average Bonchev–Trinajstić information content (AvgIpc) is 2.26. The number of rotatable bonds is 6. The molecule has 2 amide bonds. The number of halogens is 3. The summed E-state index contributed by atoms with van der Waals surface area (Å²) in [5, 5.41) is 12.4. The zero-order valence-corrected chi connectivity index (χ0v) is 11.7. The number of methoxy groups -OCH3 is 1. The molecule has 9 heteroatoms. The van der Waals surface area contributed by atoms with E-state index in [9.17, 15) is 22.8 Å². The van der Waals surface area contributed by atoms with Gasteiger partial charge in [-0.2, -0.15) is 13.2 Å². The number of urea groups is 1. The monoisotopic (exact) mass is 300 g/mol. The minimum absolute atomic E-state index is 0.0947. The second-order valence-electron chi connectivity index (χ2n) is 4.83. The Morgan fingerprint density at radius 1 is 1.30 bits per heavy atom. The molecule has 118 valence electrons. The minimum atomic E-state index is -5.12. The summed E-state index contributed by atoms with van der Waals surface area (Å²) < 4.78 is 43.0. The molecule has 0 heterocycles. The fourth-order valence-corrected chi connectivity index (χ4v) is 1.26. The lowest BCUT2D eigenvalue weighted by atomic mass is 10.0. The smallest absolute Gasteiger partial charge is 0.422 e. The van der Waals surface area contributed by atoms with Crippen molar-refractivity contribution in [2.75, 3.05) is 13.7 Å². The molecule has 0 rings (SSSR count). The maximum Gasteiger partial charge on any atom is 0.422 e. The van der Waals surface area contributed by atoms with E-state index in [1.54, 1.807) is 13.8 Å². The van der Waals surface area contributed by atoms with Gasteiger partial charge in [-0.1, -0.05) is 13.8 Å². The number of carbonyl (C=O) groups is 2. The first-order valence-electron chi connectivity index (χ1n) is 5.83. The van der Waals surface area contributed by atoms with Gasteiger partial charge >= 0.3 is 18.2 Å². The van der Waals surface area contributed by atoms with Crippen LogP contribution in [0.4, 0.5) is 18.0 Å². The van der Waals surface area contributed by atoms with Crippen molar-refractivity contribution in [1.29, 1.82) is 0 Å². The Labute approximate surface area is 114 Å². The van der Waals surface area contributed by atoms with Gasteiger partial charge in [0, 0.05) is 7.11 Å². The molecule has 0 bridgehead atoms. The fourth-order valence-electron chi connectivity index (χ4n) is 1.26. The van der Waals surface area contributed by atoms with Crippen LogP contribution >= 0.6 is 0 Å². The van der Waals surface area contributed by atoms with Crippen molar-refractivity contribution in [3.63, 3.8) is 0 Å². The molecule has 0 aromatic heterocycles. The van der Waals surface area contributed by atoms with Gasteiger partial charge in [0.15, 0.2) is 0 Å². The normalized spacial score (nSPS) is 16.4. The van der Waals surface area contributed by atoms with Gasteiger partial charge in [0.05, 0.1) is 12.6 Å². The van der Waals surface area contributed by atoms with Crippen LogP contribution in [0.3, 0.4) is 0 Å². The van der Waals surface area contributed by atoms with Crippen LogP contribution in [0.2, 0.25) is 0 Å². The van der Waals surface area contributed by atoms with E-state index in [-0.39, 0.29) is 12.5 Å². The lowest BCUT2D eigenvalue weighted by Gasteiger charge is -2.30. The number of amides is 2. The molecule has 20 heavy (non-hydrogen) atoms. The molecule has 0 radical (unpaired) electrons. The van der Waals surface area contributed by atoms with Crippen molar-refractivity contribution in [2.24, 2.45) is 5.92 Å². The molecule has 0 saturated heterocycles. The van der Waals surface area contributed by atoms with Crippen LogP contribution in [-0.2, 0) is 9.53 Å². The van der Waals surface area contributed by atoms with Gasteiger partial charge in [0.25, 0.3) is 0 Å². The first-order valence-corrected chi connectivity index (χ1v) is 5.83. The summed E-state index contributed by atoms with van der Waals surface area (Å²) in [6, 6.07) is -1.76. The summed E-state index contributed by atoms with van der Waals surface area (Å²) >= 11 is 0. The van der Waals surface area contributed by atoms with Crippen LogP contribution in [0.1, 0.15) is 20.8 Å². The van der Waals surface area contributed by atoms with Crippen molar-refractivity contribution in [3.8, 4) is 0 Å². The third-order valence-corrected chi connectivity index (χ3v) is 2.83. The predicted molar refractivity (Wildman–Crippen MR) is 64.3 cm³/mol. The van der Waals surface area contributed by atoms with Crippen molar-refractivity contribution in [3.05, 3.63) is 0 Å². The molecule has 0 aliphatic heterocycles. The van der Waals surface area contributed by atoms with E-state index in [1.807, 2.05) is 0 Å². The second-order valence-corrected chi connectivity index (χ2v) is 4.83. The van der Waals surface area contributed by atoms with E-state index >= 15 is 0 Å². The average molecular weight is 300 g/mol. The third-order valence-electron chi connectivity index (χ3n) is 2.83. The second kappa shape index (κ2) is 6.78. The predicted octanol–water partition coefficient (Wildman–Crippen LogP) is 1.36. The molecule has 0 spiro atoms. The van der Waals surface area contributed by atoms with Crippen LogP contribution in [0.15, 0.2) is 0 Å². The Kier molecular flexibility index (Phi) is 6.27. The van der Waals surface area contributed by atoms with Crippen LogP contribution < -0.4 is 10.6 Å². The largest absolute Gasteiger partial charge is 0.479 e. The Hall–Kier alpha value is -1.51. The van der Waals surface area contributed by atoms with Gasteiger partial charge in [-0.3, -0.25) is 0 Å². The van der Waals surface area contributed by atoms with Crippen LogP contribution in [0.5, 0.6) is 0 Å². The third kappa shape index (κ3) is 4.55. The van der Waals surface area contributed by atoms with Crippen LogP contribution in [-0.4, -0.2) is 48.6 Å².